The molecule has 0 aliphatic carbocycles. The molecule has 0 spiro atoms. The van der Waals surface area contributed by atoms with Crippen LogP contribution in [0.15, 0.2) is 12.1 Å². The van der Waals surface area contributed by atoms with Crippen molar-refractivity contribution in [2.24, 2.45) is 11.8 Å². The monoisotopic (exact) mass is 263 g/mol. The van der Waals surface area contributed by atoms with Gasteiger partial charge >= 0.3 is 5.97 Å². The van der Waals surface area contributed by atoms with Gasteiger partial charge in [-0.15, -0.1) is 0 Å². The maximum Gasteiger partial charge on any atom is 0.308 e. The third kappa shape index (κ3) is 4.35. The van der Waals surface area contributed by atoms with E-state index in [2.05, 4.69) is 38.2 Å². The Bertz CT molecular complexity index is 452. The number of carboxylic acids is 1. The zero-order chi connectivity index (χ0) is 14.6. The molecule has 1 rings (SSSR count). The van der Waals surface area contributed by atoms with Gasteiger partial charge in [0.15, 0.2) is 0 Å². The largest absolute Gasteiger partial charge is 0.481 e. The van der Waals surface area contributed by atoms with E-state index in [4.69, 9.17) is 5.11 Å². The number of rotatable bonds is 6. The van der Waals surface area contributed by atoms with Crippen molar-refractivity contribution < 1.29 is 9.90 Å². The van der Waals surface area contributed by atoms with Crippen molar-refractivity contribution in [3.05, 3.63) is 34.4 Å². The van der Waals surface area contributed by atoms with Crippen molar-refractivity contribution in [1.82, 2.24) is 5.32 Å². The molecule has 0 amide bonds. The van der Waals surface area contributed by atoms with E-state index in [1.54, 1.807) is 0 Å². The van der Waals surface area contributed by atoms with Gasteiger partial charge in [0.1, 0.15) is 0 Å². The molecule has 1 aromatic rings. The molecule has 19 heavy (non-hydrogen) atoms. The highest BCUT2D eigenvalue weighted by Crippen LogP contribution is 2.16. The van der Waals surface area contributed by atoms with Crippen LogP contribution in [0.4, 0.5) is 0 Å². The van der Waals surface area contributed by atoms with E-state index >= 15 is 0 Å². The number of nitrogens with one attached hydrogen (secondary N) is 1. The van der Waals surface area contributed by atoms with Gasteiger partial charge in [0.05, 0.1) is 5.92 Å². The SMILES string of the molecule is Cc1cc(C)c(CNCC(C(=O)O)C(C)C)cc1C. The summed E-state index contributed by atoms with van der Waals surface area (Å²) in [5.41, 5.74) is 5.08. The van der Waals surface area contributed by atoms with Gasteiger partial charge in [0.25, 0.3) is 0 Å². The summed E-state index contributed by atoms with van der Waals surface area (Å²) in [6.45, 7) is 11.4. The van der Waals surface area contributed by atoms with E-state index in [0.29, 0.717) is 6.54 Å². The highest BCUT2D eigenvalue weighted by molar-refractivity contribution is 5.70. The smallest absolute Gasteiger partial charge is 0.308 e. The summed E-state index contributed by atoms with van der Waals surface area (Å²) in [5.74, 6) is -0.906. The van der Waals surface area contributed by atoms with Crippen LogP contribution in [0.3, 0.4) is 0 Å². The van der Waals surface area contributed by atoms with Gasteiger partial charge in [0.2, 0.25) is 0 Å². The molecule has 106 valence electrons. The summed E-state index contributed by atoms with van der Waals surface area (Å²) in [4.78, 5) is 11.1. The summed E-state index contributed by atoms with van der Waals surface area (Å²) in [6, 6.07) is 4.37. The lowest BCUT2D eigenvalue weighted by Crippen LogP contribution is -2.31. The second kappa shape index (κ2) is 6.71. The zero-order valence-corrected chi connectivity index (χ0v) is 12.6. The lowest BCUT2D eigenvalue weighted by atomic mass is 9.95. The normalized spacial score (nSPS) is 12.7. The van der Waals surface area contributed by atoms with Crippen molar-refractivity contribution in [2.45, 2.75) is 41.2 Å². The Morgan fingerprint density at radius 3 is 2.26 bits per heavy atom. The van der Waals surface area contributed by atoms with Crippen LogP contribution < -0.4 is 5.32 Å². The van der Waals surface area contributed by atoms with E-state index in [9.17, 15) is 4.79 Å². The molecule has 0 saturated carbocycles. The van der Waals surface area contributed by atoms with Gasteiger partial charge < -0.3 is 10.4 Å². The Labute approximate surface area is 116 Å². The topological polar surface area (TPSA) is 49.3 Å². The number of carboxylic acid groups (broad SMARTS) is 1. The average molecular weight is 263 g/mol. The molecule has 0 fully saturated rings. The van der Waals surface area contributed by atoms with Crippen molar-refractivity contribution in [1.29, 1.82) is 0 Å². The first-order chi connectivity index (χ1) is 8.82. The summed E-state index contributed by atoms with van der Waals surface area (Å²) >= 11 is 0. The van der Waals surface area contributed by atoms with E-state index in [1.165, 1.54) is 22.3 Å². The molecule has 0 aliphatic heterocycles. The summed E-state index contributed by atoms with van der Waals surface area (Å²) in [6.07, 6.45) is 0. The molecular formula is C16H25NO2. The Kier molecular flexibility index (Phi) is 5.55. The molecule has 1 aromatic carbocycles. The molecule has 2 N–H and O–H groups in total. The number of aliphatic carboxylic acids is 1. The second-order valence-corrected chi connectivity index (χ2v) is 5.68. The van der Waals surface area contributed by atoms with Crippen LogP contribution in [0.1, 0.15) is 36.1 Å². The van der Waals surface area contributed by atoms with Gasteiger partial charge in [-0.3, -0.25) is 4.79 Å². The van der Waals surface area contributed by atoms with Gasteiger partial charge in [0, 0.05) is 13.1 Å². The van der Waals surface area contributed by atoms with E-state index in [-0.39, 0.29) is 11.8 Å². The molecule has 0 aromatic heterocycles. The van der Waals surface area contributed by atoms with Gasteiger partial charge in [-0.25, -0.2) is 0 Å². The quantitative estimate of drug-likeness (QED) is 0.829. The molecule has 0 saturated heterocycles. The fraction of sp³-hybridized carbons (Fsp3) is 0.562. The number of hydrogen-bond acceptors (Lipinski definition) is 2. The second-order valence-electron chi connectivity index (χ2n) is 5.68. The molecule has 1 unspecified atom stereocenters. The first-order valence-corrected chi connectivity index (χ1v) is 6.83. The number of hydrogen-bond donors (Lipinski definition) is 2. The van der Waals surface area contributed by atoms with Crippen molar-refractivity contribution in [2.75, 3.05) is 6.54 Å². The predicted octanol–water partition coefficient (Wildman–Crippen LogP) is 3.06. The third-order valence-electron chi connectivity index (χ3n) is 3.75. The van der Waals surface area contributed by atoms with Crippen LogP contribution in [0, 0.1) is 32.6 Å². The maximum atomic E-state index is 11.1. The standard InChI is InChI=1S/C16H25NO2/c1-10(2)15(16(18)19)9-17-8-14-7-12(4)11(3)6-13(14)5/h6-7,10,15,17H,8-9H2,1-5H3,(H,18,19). The van der Waals surface area contributed by atoms with E-state index < -0.39 is 5.97 Å². The van der Waals surface area contributed by atoms with Crippen LogP contribution in [-0.4, -0.2) is 17.6 Å². The van der Waals surface area contributed by atoms with Gasteiger partial charge in [-0.1, -0.05) is 26.0 Å². The molecular weight excluding hydrogens is 238 g/mol. The van der Waals surface area contributed by atoms with E-state index in [0.717, 1.165) is 6.54 Å². The highest BCUT2D eigenvalue weighted by atomic mass is 16.4. The molecule has 0 radical (unpaired) electrons. The molecule has 3 nitrogen and oxygen atoms in total. The van der Waals surface area contributed by atoms with Crippen LogP contribution >= 0.6 is 0 Å². The third-order valence-corrected chi connectivity index (χ3v) is 3.75. The molecule has 0 bridgehead atoms. The van der Waals surface area contributed by atoms with Crippen molar-refractivity contribution in [3.63, 3.8) is 0 Å². The lowest BCUT2D eigenvalue weighted by Gasteiger charge is -2.17. The molecule has 0 heterocycles. The first-order valence-electron chi connectivity index (χ1n) is 6.83. The molecule has 0 aliphatic rings. The minimum Gasteiger partial charge on any atom is -0.481 e. The van der Waals surface area contributed by atoms with E-state index in [1.807, 2.05) is 13.8 Å². The Morgan fingerprint density at radius 2 is 1.74 bits per heavy atom. The zero-order valence-electron chi connectivity index (χ0n) is 12.6. The van der Waals surface area contributed by atoms with Crippen LogP contribution in [0.2, 0.25) is 0 Å². The predicted molar refractivity (Wildman–Crippen MR) is 78.3 cm³/mol. The number of aryl methyl sites for hydroxylation is 3. The minimum atomic E-state index is -0.723. The highest BCUT2D eigenvalue weighted by Gasteiger charge is 2.20. The lowest BCUT2D eigenvalue weighted by molar-refractivity contribution is -0.143. The Hall–Kier alpha value is -1.35. The molecule has 1 atom stereocenters. The van der Waals surface area contributed by atoms with Gasteiger partial charge in [-0.05, 0) is 48.9 Å². The average Bonchev–Trinajstić information content (AvgIpc) is 2.29. The maximum absolute atomic E-state index is 11.1. The van der Waals surface area contributed by atoms with Crippen molar-refractivity contribution >= 4 is 5.97 Å². The first kappa shape index (κ1) is 15.7. The summed E-state index contributed by atoms with van der Waals surface area (Å²) in [7, 11) is 0. The fourth-order valence-corrected chi connectivity index (χ4v) is 2.18. The number of benzene rings is 1. The minimum absolute atomic E-state index is 0.144. The van der Waals surface area contributed by atoms with Crippen LogP contribution in [0.25, 0.3) is 0 Å². The van der Waals surface area contributed by atoms with Crippen LogP contribution in [-0.2, 0) is 11.3 Å². The number of carbonyl (C=O) groups is 1. The molecule has 3 heteroatoms. The Morgan fingerprint density at radius 1 is 1.16 bits per heavy atom. The van der Waals surface area contributed by atoms with Crippen LogP contribution in [0.5, 0.6) is 0 Å². The summed E-state index contributed by atoms with van der Waals surface area (Å²) in [5, 5.41) is 12.4. The summed E-state index contributed by atoms with van der Waals surface area (Å²) < 4.78 is 0. The fourth-order valence-electron chi connectivity index (χ4n) is 2.18. The Balaban J connectivity index is 2.62. The van der Waals surface area contributed by atoms with Gasteiger partial charge in [-0.2, -0.15) is 0 Å². The van der Waals surface area contributed by atoms with Crippen molar-refractivity contribution in [3.8, 4) is 0 Å².